The van der Waals surface area contributed by atoms with E-state index in [0.29, 0.717) is 6.54 Å². The zero-order valence-electron chi connectivity index (χ0n) is 6.75. The number of amides is 1. The highest BCUT2D eigenvalue weighted by molar-refractivity contribution is 6.27. The molecule has 0 fully saturated rings. The molecule has 1 N–H and O–H groups in total. The minimum atomic E-state index is -0.144. The second kappa shape index (κ2) is 5.04. The van der Waals surface area contributed by atoms with Gasteiger partial charge >= 0.3 is 0 Å². The molecule has 12 heavy (non-hydrogen) atoms. The molecule has 1 aliphatic rings. The molecule has 0 radical (unpaired) electrons. The van der Waals surface area contributed by atoms with E-state index in [1.165, 1.54) is 0 Å². The van der Waals surface area contributed by atoms with Crippen LogP contribution in [0.1, 0.15) is 12.8 Å². The SMILES string of the molecule is O=C(CCl)NC[C@H]1CCC=CO1. The number of alkyl halides is 1. The van der Waals surface area contributed by atoms with E-state index in [-0.39, 0.29) is 17.9 Å². The molecule has 0 saturated carbocycles. The van der Waals surface area contributed by atoms with Crippen LogP contribution in [0.5, 0.6) is 0 Å². The van der Waals surface area contributed by atoms with Crippen molar-refractivity contribution in [1.29, 1.82) is 0 Å². The molecule has 0 aromatic rings. The van der Waals surface area contributed by atoms with E-state index >= 15 is 0 Å². The van der Waals surface area contributed by atoms with Crippen LogP contribution in [0.25, 0.3) is 0 Å². The highest BCUT2D eigenvalue weighted by Crippen LogP contribution is 2.08. The number of carbonyl (C=O) groups is 1. The molecule has 1 heterocycles. The minimum absolute atomic E-state index is 0.0164. The van der Waals surface area contributed by atoms with Crippen molar-refractivity contribution in [1.82, 2.24) is 5.32 Å². The van der Waals surface area contributed by atoms with Crippen molar-refractivity contribution in [3.8, 4) is 0 Å². The standard InChI is InChI=1S/C8H12ClNO2/c9-5-8(11)10-6-7-3-1-2-4-12-7/h2,4,7H,1,3,5-6H2,(H,10,11)/t7-/m1/s1. The Balaban J connectivity index is 2.14. The van der Waals surface area contributed by atoms with Gasteiger partial charge in [0.1, 0.15) is 12.0 Å². The lowest BCUT2D eigenvalue weighted by Crippen LogP contribution is -2.34. The first-order valence-corrected chi connectivity index (χ1v) is 4.49. The van der Waals surface area contributed by atoms with E-state index in [2.05, 4.69) is 5.32 Å². The van der Waals surface area contributed by atoms with E-state index in [0.717, 1.165) is 12.8 Å². The molecule has 0 saturated heterocycles. The van der Waals surface area contributed by atoms with Gasteiger partial charge in [-0.3, -0.25) is 4.79 Å². The van der Waals surface area contributed by atoms with Crippen molar-refractivity contribution < 1.29 is 9.53 Å². The number of hydrogen-bond acceptors (Lipinski definition) is 2. The van der Waals surface area contributed by atoms with Crippen LogP contribution in [0.4, 0.5) is 0 Å². The van der Waals surface area contributed by atoms with Gasteiger partial charge in [-0.2, -0.15) is 0 Å². The van der Waals surface area contributed by atoms with Crippen molar-refractivity contribution in [2.75, 3.05) is 12.4 Å². The summed E-state index contributed by atoms with van der Waals surface area (Å²) >= 11 is 5.30. The lowest BCUT2D eigenvalue weighted by molar-refractivity contribution is -0.119. The zero-order valence-corrected chi connectivity index (χ0v) is 7.51. The smallest absolute Gasteiger partial charge is 0.235 e. The topological polar surface area (TPSA) is 38.3 Å². The third-order valence-electron chi connectivity index (χ3n) is 1.67. The molecule has 0 aromatic heterocycles. The van der Waals surface area contributed by atoms with Gasteiger partial charge in [-0.15, -0.1) is 11.6 Å². The summed E-state index contributed by atoms with van der Waals surface area (Å²) in [6, 6.07) is 0. The Morgan fingerprint density at radius 2 is 2.58 bits per heavy atom. The first-order chi connectivity index (χ1) is 5.83. The number of rotatable bonds is 3. The van der Waals surface area contributed by atoms with Gasteiger partial charge < -0.3 is 10.1 Å². The average molecular weight is 190 g/mol. The van der Waals surface area contributed by atoms with E-state index in [1.807, 2.05) is 6.08 Å². The Morgan fingerprint density at radius 3 is 3.17 bits per heavy atom. The molecule has 1 aliphatic heterocycles. The number of carbonyl (C=O) groups excluding carboxylic acids is 1. The maximum atomic E-state index is 10.7. The maximum absolute atomic E-state index is 10.7. The van der Waals surface area contributed by atoms with E-state index < -0.39 is 0 Å². The quantitative estimate of drug-likeness (QED) is 0.674. The fraction of sp³-hybridized carbons (Fsp3) is 0.625. The Morgan fingerprint density at radius 1 is 1.75 bits per heavy atom. The summed E-state index contributed by atoms with van der Waals surface area (Å²) in [5, 5.41) is 2.67. The van der Waals surface area contributed by atoms with Crippen molar-refractivity contribution in [2.24, 2.45) is 0 Å². The molecule has 0 aliphatic carbocycles. The van der Waals surface area contributed by atoms with Crippen molar-refractivity contribution in [3.63, 3.8) is 0 Å². The number of ether oxygens (including phenoxy) is 1. The van der Waals surface area contributed by atoms with Gasteiger partial charge in [-0.1, -0.05) is 0 Å². The maximum Gasteiger partial charge on any atom is 0.235 e. The highest BCUT2D eigenvalue weighted by atomic mass is 35.5. The van der Waals surface area contributed by atoms with Gasteiger partial charge in [0.25, 0.3) is 0 Å². The molecule has 0 aromatic carbocycles. The third-order valence-corrected chi connectivity index (χ3v) is 1.91. The molecule has 1 amide bonds. The first-order valence-electron chi connectivity index (χ1n) is 3.96. The van der Waals surface area contributed by atoms with Gasteiger partial charge in [0.15, 0.2) is 0 Å². The zero-order chi connectivity index (χ0) is 8.81. The monoisotopic (exact) mass is 189 g/mol. The predicted molar refractivity (Wildman–Crippen MR) is 47.0 cm³/mol. The summed E-state index contributed by atoms with van der Waals surface area (Å²) in [5.41, 5.74) is 0. The van der Waals surface area contributed by atoms with Crippen molar-refractivity contribution in [2.45, 2.75) is 18.9 Å². The Hall–Kier alpha value is -0.700. The third kappa shape index (κ3) is 3.13. The van der Waals surface area contributed by atoms with Crippen LogP contribution in [0.2, 0.25) is 0 Å². The molecule has 68 valence electrons. The van der Waals surface area contributed by atoms with E-state index in [9.17, 15) is 4.79 Å². The Bertz CT molecular complexity index is 182. The summed E-state index contributed by atoms with van der Waals surface area (Å²) in [6.45, 7) is 0.551. The largest absolute Gasteiger partial charge is 0.497 e. The normalized spacial score (nSPS) is 21.6. The Labute approximate surface area is 76.7 Å². The highest BCUT2D eigenvalue weighted by Gasteiger charge is 2.11. The summed E-state index contributed by atoms with van der Waals surface area (Å²) < 4.78 is 5.23. The van der Waals surface area contributed by atoms with Gasteiger partial charge in [-0.25, -0.2) is 0 Å². The van der Waals surface area contributed by atoms with E-state index in [4.69, 9.17) is 16.3 Å². The number of allylic oxidation sites excluding steroid dienone is 1. The molecule has 1 atom stereocenters. The molecule has 0 unspecified atom stereocenters. The minimum Gasteiger partial charge on any atom is -0.497 e. The molecule has 3 nitrogen and oxygen atoms in total. The van der Waals surface area contributed by atoms with Gasteiger partial charge in [0.2, 0.25) is 5.91 Å². The first kappa shape index (κ1) is 9.39. The summed E-state index contributed by atoms with van der Waals surface area (Å²) in [7, 11) is 0. The number of hydrogen-bond donors (Lipinski definition) is 1. The molecular formula is C8H12ClNO2. The summed E-state index contributed by atoms with van der Waals surface area (Å²) in [6.07, 6.45) is 5.74. The number of halogens is 1. The van der Waals surface area contributed by atoms with Crippen LogP contribution in [0.15, 0.2) is 12.3 Å². The van der Waals surface area contributed by atoms with Gasteiger partial charge in [-0.05, 0) is 18.9 Å². The average Bonchev–Trinajstić information content (AvgIpc) is 2.16. The fourth-order valence-electron chi connectivity index (χ4n) is 1.01. The molecule has 1 rings (SSSR count). The molecule has 0 spiro atoms. The van der Waals surface area contributed by atoms with Crippen LogP contribution in [-0.2, 0) is 9.53 Å². The second-order valence-electron chi connectivity index (χ2n) is 2.64. The van der Waals surface area contributed by atoms with Crippen LogP contribution in [-0.4, -0.2) is 24.4 Å². The van der Waals surface area contributed by atoms with Crippen LogP contribution in [0, 0.1) is 0 Å². The Kier molecular flexibility index (Phi) is 3.94. The fourth-order valence-corrected chi connectivity index (χ4v) is 1.10. The molecular weight excluding hydrogens is 178 g/mol. The lowest BCUT2D eigenvalue weighted by atomic mass is 10.1. The van der Waals surface area contributed by atoms with Crippen LogP contribution in [0.3, 0.4) is 0 Å². The second-order valence-corrected chi connectivity index (χ2v) is 2.91. The predicted octanol–water partition coefficient (Wildman–Crippen LogP) is 1.03. The summed E-state index contributed by atoms with van der Waals surface area (Å²) in [5.74, 6) is -0.127. The van der Waals surface area contributed by atoms with Crippen LogP contribution >= 0.6 is 11.6 Å². The lowest BCUT2D eigenvalue weighted by Gasteiger charge is -2.19. The summed E-state index contributed by atoms with van der Waals surface area (Å²) in [4.78, 5) is 10.7. The van der Waals surface area contributed by atoms with Gasteiger partial charge in [0, 0.05) is 0 Å². The van der Waals surface area contributed by atoms with Crippen molar-refractivity contribution in [3.05, 3.63) is 12.3 Å². The number of nitrogens with one attached hydrogen (secondary N) is 1. The van der Waals surface area contributed by atoms with Gasteiger partial charge in [0.05, 0.1) is 12.8 Å². The van der Waals surface area contributed by atoms with Crippen LogP contribution < -0.4 is 5.32 Å². The molecule has 0 bridgehead atoms. The molecule has 4 heteroatoms. The van der Waals surface area contributed by atoms with Crippen molar-refractivity contribution >= 4 is 17.5 Å². The van der Waals surface area contributed by atoms with E-state index in [1.54, 1.807) is 6.26 Å².